The van der Waals surface area contributed by atoms with Crippen LogP contribution in [0.25, 0.3) is 0 Å². The first-order valence-electron chi connectivity index (χ1n) is 15.4. The second-order valence-corrected chi connectivity index (χ2v) is 11.9. The first-order valence-corrected chi connectivity index (χ1v) is 15.4. The zero-order valence-electron chi connectivity index (χ0n) is 25.3. The highest BCUT2D eigenvalue weighted by molar-refractivity contribution is 5.91. The Bertz CT molecular complexity index is 1550. The van der Waals surface area contributed by atoms with Gasteiger partial charge in [-0.25, -0.2) is 4.79 Å². The van der Waals surface area contributed by atoms with Crippen LogP contribution in [0.3, 0.4) is 0 Å². The Kier molecular flexibility index (Phi) is 8.81. The third-order valence-corrected chi connectivity index (χ3v) is 8.38. The third kappa shape index (κ3) is 7.33. The molecule has 12 nitrogen and oxygen atoms in total. The van der Waals surface area contributed by atoms with Crippen LogP contribution in [-0.4, -0.2) is 70.6 Å². The Hall–Kier alpha value is -4.74. The van der Waals surface area contributed by atoms with E-state index in [9.17, 15) is 19.2 Å². The van der Waals surface area contributed by atoms with Crippen LogP contribution >= 0.6 is 0 Å². The molecule has 2 unspecified atom stereocenters. The Morgan fingerprint density at radius 1 is 1.04 bits per heavy atom. The zero-order valence-corrected chi connectivity index (χ0v) is 25.3. The number of aryl methyl sites for hydroxylation is 1. The van der Waals surface area contributed by atoms with Gasteiger partial charge in [0.2, 0.25) is 11.8 Å². The molecule has 45 heavy (non-hydrogen) atoms. The predicted octanol–water partition coefficient (Wildman–Crippen LogP) is 3.90. The van der Waals surface area contributed by atoms with Crippen molar-refractivity contribution in [3.63, 3.8) is 0 Å². The molecule has 1 N–H and O–H groups in total. The fraction of sp³-hybridized carbons (Fsp3) is 0.455. The predicted molar refractivity (Wildman–Crippen MR) is 158 cm³/mol. The van der Waals surface area contributed by atoms with Crippen LogP contribution in [0.5, 0.6) is 5.75 Å². The number of nitrogens with one attached hydrogen (secondary N) is 1. The molecule has 0 radical (unpaired) electrons. The summed E-state index contributed by atoms with van der Waals surface area (Å²) in [4.78, 5) is 55.7. The van der Waals surface area contributed by atoms with E-state index in [4.69, 9.17) is 18.7 Å². The molecular weight excluding hydrogens is 580 g/mol. The number of benzene rings is 2. The molecule has 12 heteroatoms. The van der Waals surface area contributed by atoms with Gasteiger partial charge in [0, 0.05) is 13.5 Å². The lowest BCUT2D eigenvalue weighted by Crippen LogP contribution is -2.46. The minimum Gasteiger partial charge on any atom is -0.484 e. The van der Waals surface area contributed by atoms with E-state index in [0.717, 1.165) is 5.56 Å². The summed E-state index contributed by atoms with van der Waals surface area (Å²) in [7, 11) is 0. The van der Waals surface area contributed by atoms with Crippen LogP contribution in [0, 0.1) is 12.8 Å². The first kappa shape index (κ1) is 30.3. The number of rotatable bonds is 10. The number of carbonyl (C=O) groups is 4. The maximum absolute atomic E-state index is 13.0. The minimum atomic E-state index is -0.556. The van der Waals surface area contributed by atoms with Gasteiger partial charge in [-0.2, -0.15) is 4.98 Å². The number of amides is 2. The van der Waals surface area contributed by atoms with Gasteiger partial charge in [-0.1, -0.05) is 29.4 Å². The summed E-state index contributed by atoms with van der Waals surface area (Å²) in [5.41, 5.74) is 2.51. The fourth-order valence-electron chi connectivity index (χ4n) is 5.77. The molecule has 0 bridgehead atoms. The molecule has 236 valence electrons. The van der Waals surface area contributed by atoms with E-state index in [2.05, 4.69) is 27.6 Å². The number of ether oxygens (including phenoxy) is 3. The molecule has 4 atom stereocenters. The Morgan fingerprint density at radius 3 is 2.44 bits per heavy atom. The molecular formula is C33H36N4O8. The van der Waals surface area contributed by atoms with Crippen molar-refractivity contribution in [1.29, 1.82) is 0 Å². The van der Waals surface area contributed by atoms with Crippen molar-refractivity contribution in [2.45, 2.75) is 70.1 Å². The molecule has 1 saturated carbocycles. The van der Waals surface area contributed by atoms with Crippen LogP contribution in [-0.2, 0) is 19.1 Å². The number of likely N-dealkylation sites (tertiary alicyclic amines) is 1. The number of hydrogen-bond acceptors (Lipinski definition) is 10. The van der Waals surface area contributed by atoms with Gasteiger partial charge in [-0.05, 0) is 73.9 Å². The lowest BCUT2D eigenvalue weighted by Gasteiger charge is -2.33. The van der Waals surface area contributed by atoms with E-state index in [1.165, 1.54) is 18.4 Å². The van der Waals surface area contributed by atoms with E-state index >= 15 is 0 Å². The van der Waals surface area contributed by atoms with E-state index in [1.807, 2.05) is 19.1 Å². The van der Waals surface area contributed by atoms with Crippen molar-refractivity contribution >= 4 is 23.8 Å². The average molecular weight is 617 g/mol. The summed E-state index contributed by atoms with van der Waals surface area (Å²) in [5.74, 6) is -0.611. The molecule has 1 aliphatic carbocycles. The van der Waals surface area contributed by atoms with E-state index in [1.54, 1.807) is 36.1 Å². The van der Waals surface area contributed by atoms with Gasteiger partial charge < -0.3 is 29.0 Å². The molecule has 2 aliphatic heterocycles. The number of esters is 2. The highest BCUT2D eigenvalue weighted by Gasteiger charge is 2.36. The number of nitrogens with zero attached hydrogens (tertiary/aromatic N) is 3. The number of cyclic esters (lactones) is 1. The van der Waals surface area contributed by atoms with Crippen LogP contribution in [0.1, 0.15) is 89.0 Å². The van der Waals surface area contributed by atoms with Gasteiger partial charge >= 0.3 is 11.9 Å². The van der Waals surface area contributed by atoms with Crippen molar-refractivity contribution < 1.29 is 37.9 Å². The number of piperidine rings is 1. The van der Waals surface area contributed by atoms with Crippen molar-refractivity contribution in [3.05, 3.63) is 76.9 Å². The third-order valence-electron chi connectivity index (χ3n) is 8.38. The van der Waals surface area contributed by atoms with Gasteiger partial charge in [0.05, 0.1) is 30.5 Å². The van der Waals surface area contributed by atoms with Gasteiger partial charge in [0.25, 0.3) is 11.7 Å². The lowest BCUT2D eigenvalue weighted by atomic mass is 10.00. The van der Waals surface area contributed by atoms with Crippen LogP contribution in [0.4, 0.5) is 0 Å². The molecule has 3 aromatic rings. The molecule has 3 fully saturated rings. The van der Waals surface area contributed by atoms with Crippen molar-refractivity contribution in [1.82, 2.24) is 20.4 Å². The van der Waals surface area contributed by atoms with Gasteiger partial charge in [-0.15, -0.1) is 0 Å². The minimum absolute atomic E-state index is 0.0573. The molecule has 3 heterocycles. The molecule has 2 amide bonds. The topological polar surface area (TPSA) is 150 Å². The summed E-state index contributed by atoms with van der Waals surface area (Å²) in [6.45, 7) is 4.39. The second kappa shape index (κ2) is 13.1. The van der Waals surface area contributed by atoms with E-state index in [0.29, 0.717) is 42.5 Å². The Morgan fingerprint density at radius 2 is 1.80 bits per heavy atom. The molecule has 6 rings (SSSR count). The van der Waals surface area contributed by atoms with Gasteiger partial charge in [-0.3, -0.25) is 14.4 Å². The Labute approximate surface area is 260 Å². The van der Waals surface area contributed by atoms with Crippen LogP contribution < -0.4 is 10.1 Å². The summed E-state index contributed by atoms with van der Waals surface area (Å²) in [5, 5.41) is 6.61. The number of carbonyl (C=O) groups excluding carboxylic acids is 4. The molecule has 2 saturated heterocycles. The number of hydrogen-bond donors (Lipinski definition) is 1. The normalized spacial score (nSPS) is 21.0. The van der Waals surface area contributed by atoms with Crippen molar-refractivity contribution in [3.8, 4) is 5.75 Å². The Balaban J connectivity index is 1.10. The van der Waals surface area contributed by atoms with Crippen LogP contribution in [0.2, 0.25) is 0 Å². The second-order valence-electron chi connectivity index (χ2n) is 11.9. The van der Waals surface area contributed by atoms with E-state index in [-0.39, 0.29) is 37.3 Å². The summed E-state index contributed by atoms with van der Waals surface area (Å²) in [6, 6.07) is 14.4. The van der Waals surface area contributed by atoms with Gasteiger partial charge in [0.1, 0.15) is 24.6 Å². The van der Waals surface area contributed by atoms with Crippen molar-refractivity contribution in [2.24, 2.45) is 5.92 Å². The highest BCUT2D eigenvalue weighted by atomic mass is 16.5. The molecule has 0 spiro atoms. The highest BCUT2D eigenvalue weighted by Crippen LogP contribution is 2.40. The monoisotopic (exact) mass is 616 g/mol. The lowest BCUT2D eigenvalue weighted by molar-refractivity contribution is -0.139. The maximum Gasteiger partial charge on any atom is 0.338 e. The zero-order chi connectivity index (χ0) is 31.5. The summed E-state index contributed by atoms with van der Waals surface area (Å²) in [6.07, 6.45) is 2.82. The maximum atomic E-state index is 13.0. The van der Waals surface area contributed by atoms with Crippen molar-refractivity contribution in [2.75, 3.05) is 19.7 Å². The van der Waals surface area contributed by atoms with Gasteiger partial charge in [0.15, 0.2) is 0 Å². The molecule has 1 aromatic heterocycles. The summed E-state index contributed by atoms with van der Waals surface area (Å²) >= 11 is 0. The largest absolute Gasteiger partial charge is 0.484 e. The SMILES string of the molecule is Cc1nc(C(=O)NC(C)C(Oc2ccc(C(=O)O[C@H]3CCCN(C(=O)[C@H]4COC(=O)C4)C3)cc2)c2ccc(C3CC3)cc2)no1. The quantitative estimate of drug-likeness (QED) is 0.332. The standard InChI is InChI=1S/C33H36N4O8/c1-19(34-31(39)30-35-20(2)45-36-30)29(23-9-7-22(8-10-23)21-5-6-21)43-26-13-11-24(12-14-26)33(41)44-27-4-3-15-37(17-27)32(40)25-16-28(38)42-18-25/h7-14,19,21,25,27,29H,3-6,15-18H2,1-2H3,(H,34,39)/t19?,25-,27+,29?/m1/s1. The summed E-state index contributed by atoms with van der Waals surface area (Å²) < 4.78 is 22.0. The molecule has 3 aliphatic rings. The fourth-order valence-corrected chi connectivity index (χ4v) is 5.77. The molecule has 2 aromatic carbocycles. The number of aromatic nitrogens is 2. The smallest absolute Gasteiger partial charge is 0.338 e. The average Bonchev–Trinajstić information content (AvgIpc) is 3.66. The van der Waals surface area contributed by atoms with E-state index < -0.39 is 36.0 Å². The van der Waals surface area contributed by atoms with Crippen LogP contribution in [0.15, 0.2) is 53.1 Å². The first-order chi connectivity index (χ1) is 21.7.